The van der Waals surface area contributed by atoms with Crippen molar-refractivity contribution in [3.63, 3.8) is 0 Å². The molecule has 0 saturated heterocycles. The van der Waals surface area contributed by atoms with E-state index in [9.17, 15) is 22.5 Å². The lowest BCUT2D eigenvalue weighted by molar-refractivity contribution is -0.274. The summed E-state index contributed by atoms with van der Waals surface area (Å²) in [5.41, 5.74) is 4.28. The Labute approximate surface area is 196 Å². The van der Waals surface area contributed by atoms with Gasteiger partial charge in [0.25, 0.3) is 0 Å². The molecule has 0 radical (unpaired) electrons. The minimum Gasteiger partial charge on any atom is -0.406 e. The van der Waals surface area contributed by atoms with Crippen LogP contribution in [0.4, 0.5) is 24.5 Å². The molecule has 0 aromatic heterocycles. The Morgan fingerprint density at radius 3 is 2.03 bits per heavy atom. The standard InChI is InChI=1S/C24H24F3N3O3S/c25-24(26,27)33-20-11-13-21(14-12-20)34(28,32)29-15-19(31)16-30-22-7-3-1-5-17(22)9-10-18-6-2-4-8-23(18)30/h1-8,11-14,19,31H,9-10,15-16H2,(H2,28,29,32)/t19-,34?/m0/s1. The van der Waals surface area contributed by atoms with E-state index in [4.69, 9.17) is 4.78 Å². The predicted octanol–water partition coefficient (Wildman–Crippen LogP) is 4.79. The van der Waals surface area contributed by atoms with Gasteiger partial charge in [-0.1, -0.05) is 36.4 Å². The van der Waals surface area contributed by atoms with Crippen molar-refractivity contribution in [2.24, 2.45) is 0 Å². The molecular weight excluding hydrogens is 467 g/mol. The SMILES string of the molecule is N=S(=O)(NC[C@H](O)CN1c2ccccc2CCc2ccccc21)c1ccc(OC(F)(F)F)cc1. The lowest BCUT2D eigenvalue weighted by atomic mass is 10.0. The molecule has 0 amide bonds. The van der Waals surface area contributed by atoms with Crippen molar-refractivity contribution < 1.29 is 27.2 Å². The summed E-state index contributed by atoms with van der Waals surface area (Å²) in [5.74, 6) is -0.468. The van der Waals surface area contributed by atoms with Crippen molar-refractivity contribution in [3.05, 3.63) is 83.9 Å². The molecule has 3 N–H and O–H groups in total. The van der Waals surface area contributed by atoms with E-state index in [1.54, 1.807) is 0 Å². The van der Waals surface area contributed by atoms with Crippen molar-refractivity contribution in [2.75, 3.05) is 18.0 Å². The Hall–Kier alpha value is -3.08. The summed E-state index contributed by atoms with van der Waals surface area (Å²) in [5, 5.41) is 10.8. The van der Waals surface area contributed by atoms with Gasteiger partial charge in [0.15, 0.2) is 0 Å². The molecule has 2 atom stereocenters. The van der Waals surface area contributed by atoms with Crippen molar-refractivity contribution in [3.8, 4) is 5.75 Å². The minimum absolute atomic E-state index is 0.0142. The van der Waals surface area contributed by atoms with Crippen LogP contribution in [0.2, 0.25) is 0 Å². The number of hydrogen-bond acceptors (Lipinski definition) is 5. The van der Waals surface area contributed by atoms with E-state index in [0.717, 1.165) is 59.6 Å². The number of ether oxygens (including phenoxy) is 1. The normalized spacial score (nSPS) is 16.1. The van der Waals surface area contributed by atoms with Gasteiger partial charge in [-0.3, -0.25) is 0 Å². The van der Waals surface area contributed by atoms with Gasteiger partial charge in [0.05, 0.1) is 17.5 Å². The molecule has 34 heavy (non-hydrogen) atoms. The third-order valence-corrected chi connectivity index (χ3v) is 7.04. The molecule has 6 nitrogen and oxygen atoms in total. The van der Waals surface area contributed by atoms with E-state index >= 15 is 0 Å². The molecule has 1 aliphatic heterocycles. The largest absolute Gasteiger partial charge is 0.573 e. The first kappa shape index (κ1) is 24.1. The fourth-order valence-corrected chi connectivity index (χ4v) is 5.09. The Kier molecular flexibility index (Phi) is 6.83. The van der Waals surface area contributed by atoms with Gasteiger partial charge >= 0.3 is 6.36 Å². The van der Waals surface area contributed by atoms with Crippen LogP contribution in [0, 0.1) is 4.78 Å². The zero-order chi connectivity index (χ0) is 24.3. The van der Waals surface area contributed by atoms with Crippen molar-refractivity contribution >= 4 is 21.3 Å². The number of fused-ring (bicyclic) bond motifs is 2. The molecule has 3 aromatic rings. The third kappa shape index (κ3) is 5.69. The molecule has 10 heteroatoms. The molecule has 1 aliphatic rings. The summed E-state index contributed by atoms with van der Waals surface area (Å²) in [6, 6.07) is 20.2. The highest BCUT2D eigenvalue weighted by atomic mass is 32.2. The lowest BCUT2D eigenvalue weighted by Crippen LogP contribution is -2.38. The van der Waals surface area contributed by atoms with Gasteiger partial charge in [-0.15, -0.1) is 13.2 Å². The Morgan fingerprint density at radius 1 is 0.971 bits per heavy atom. The average Bonchev–Trinajstić information content (AvgIpc) is 2.95. The first-order valence-electron chi connectivity index (χ1n) is 10.6. The highest BCUT2D eigenvalue weighted by Crippen LogP contribution is 2.36. The third-order valence-electron chi connectivity index (χ3n) is 5.53. The van der Waals surface area contributed by atoms with Gasteiger partial charge < -0.3 is 14.7 Å². The van der Waals surface area contributed by atoms with Gasteiger partial charge in [0.2, 0.25) is 0 Å². The van der Waals surface area contributed by atoms with Crippen LogP contribution in [0.15, 0.2) is 77.7 Å². The molecule has 0 aliphatic carbocycles. The van der Waals surface area contributed by atoms with Crippen LogP contribution >= 0.6 is 0 Å². The van der Waals surface area contributed by atoms with Crippen LogP contribution in [-0.4, -0.2) is 34.9 Å². The number of aliphatic hydroxyl groups is 1. The number of alkyl halides is 3. The molecule has 1 unspecified atom stereocenters. The molecule has 180 valence electrons. The van der Waals surface area contributed by atoms with E-state index < -0.39 is 28.1 Å². The smallest absolute Gasteiger partial charge is 0.406 e. The number of β-amino-alcohol motifs (C(OH)–C–C–N with tert-alkyl or cyclic N) is 1. The van der Waals surface area contributed by atoms with E-state index in [1.807, 2.05) is 41.3 Å². The number of halogens is 3. The second kappa shape index (κ2) is 9.65. The maximum Gasteiger partial charge on any atom is 0.573 e. The van der Waals surface area contributed by atoms with Gasteiger partial charge in [-0.2, -0.15) is 0 Å². The number of hydrogen-bond donors (Lipinski definition) is 3. The quantitative estimate of drug-likeness (QED) is 0.444. The molecule has 4 rings (SSSR count). The number of nitrogens with zero attached hydrogens (tertiary/aromatic N) is 1. The summed E-state index contributed by atoms with van der Waals surface area (Å²) in [4.78, 5) is 2.01. The van der Waals surface area contributed by atoms with Crippen LogP contribution in [0.1, 0.15) is 11.1 Å². The van der Waals surface area contributed by atoms with Crippen LogP contribution < -0.4 is 14.4 Å². The topological polar surface area (TPSA) is 85.7 Å². The summed E-state index contributed by atoms with van der Waals surface area (Å²) in [6.07, 6.45) is -4.07. The number of aryl methyl sites for hydroxylation is 2. The molecule has 0 spiro atoms. The molecule has 0 bridgehead atoms. The molecule has 0 saturated carbocycles. The Morgan fingerprint density at radius 2 is 1.50 bits per heavy atom. The van der Waals surface area contributed by atoms with E-state index in [2.05, 4.69) is 21.6 Å². The molecule has 0 fully saturated rings. The number of aliphatic hydroxyl groups excluding tert-OH is 1. The number of anilines is 2. The zero-order valence-corrected chi connectivity index (χ0v) is 18.9. The highest BCUT2D eigenvalue weighted by Gasteiger charge is 2.31. The zero-order valence-electron chi connectivity index (χ0n) is 18.1. The van der Waals surface area contributed by atoms with E-state index in [-0.39, 0.29) is 18.0 Å². The second-order valence-electron chi connectivity index (χ2n) is 7.95. The van der Waals surface area contributed by atoms with Gasteiger partial charge in [-0.25, -0.2) is 13.7 Å². The van der Waals surface area contributed by atoms with Crippen LogP contribution in [-0.2, 0) is 22.8 Å². The van der Waals surface area contributed by atoms with Crippen molar-refractivity contribution in [1.29, 1.82) is 4.78 Å². The lowest BCUT2D eigenvalue weighted by Gasteiger charge is -2.29. The number of rotatable bonds is 7. The van der Waals surface area contributed by atoms with Gasteiger partial charge in [-0.05, 0) is 60.4 Å². The van der Waals surface area contributed by atoms with Gasteiger partial charge in [0.1, 0.15) is 15.7 Å². The van der Waals surface area contributed by atoms with E-state index in [1.165, 1.54) is 0 Å². The number of para-hydroxylation sites is 2. The first-order valence-corrected chi connectivity index (χ1v) is 12.2. The monoisotopic (exact) mass is 491 g/mol. The predicted molar refractivity (Wildman–Crippen MR) is 124 cm³/mol. The summed E-state index contributed by atoms with van der Waals surface area (Å²) < 4.78 is 64.3. The fourth-order valence-electron chi connectivity index (χ4n) is 3.97. The number of benzene rings is 3. The van der Waals surface area contributed by atoms with Crippen LogP contribution in [0.3, 0.4) is 0 Å². The minimum atomic E-state index is -4.84. The van der Waals surface area contributed by atoms with Crippen molar-refractivity contribution in [2.45, 2.75) is 30.2 Å². The molecule has 1 heterocycles. The summed E-state index contributed by atoms with van der Waals surface area (Å²) in [7, 11) is -3.55. The summed E-state index contributed by atoms with van der Waals surface area (Å²) in [6.45, 7) is 0.0544. The molecule has 3 aromatic carbocycles. The number of nitrogens with one attached hydrogen (secondary N) is 2. The van der Waals surface area contributed by atoms with Crippen LogP contribution in [0.25, 0.3) is 0 Å². The maximum atomic E-state index is 12.8. The highest BCUT2D eigenvalue weighted by molar-refractivity contribution is 7.90. The van der Waals surface area contributed by atoms with Gasteiger partial charge in [0, 0.05) is 17.9 Å². The fraction of sp³-hybridized carbons (Fsp3) is 0.250. The molecular formula is C24H24F3N3O3S. The van der Waals surface area contributed by atoms with E-state index in [0.29, 0.717) is 0 Å². The maximum absolute atomic E-state index is 12.8. The Bertz CT molecular complexity index is 1200. The second-order valence-corrected chi connectivity index (χ2v) is 9.82. The average molecular weight is 492 g/mol. The van der Waals surface area contributed by atoms with Crippen LogP contribution in [0.5, 0.6) is 5.75 Å². The van der Waals surface area contributed by atoms with Crippen molar-refractivity contribution in [1.82, 2.24) is 4.72 Å². The first-order chi connectivity index (χ1) is 16.1. The Balaban J connectivity index is 1.46. The summed E-state index contributed by atoms with van der Waals surface area (Å²) >= 11 is 0.